The van der Waals surface area contributed by atoms with Crippen LogP contribution >= 0.6 is 11.8 Å². The molecule has 0 bridgehead atoms. The SMILES string of the molecule is CC(C)C(C)Sc1nc(N)nc(-n2cccn2)n1. The van der Waals surface area contributed by atoms with Crippen LogP contribution in [0.1, 0.15) is 20.8 Å². The maximum absolute atomic E-state index is 5.70. The largest absolute Gasteiger partial charge is 0.368 e. The van der Waals surface area contributed by atoms with Gasteiger partial charge in [-0.15, -0.1) is 0 Å². The molecule has 18 heavy (non-hydrogen) atoms. The summed E-state index contributed by atoms with van der Waals surface area (Å²) < 4.78 is 1.57. The number of hydrogen-bond acceptors (Lipinski definition) is 6. The Kier molecular flexibility index (Phi) is 3.81. The third kappa shape index (κ3) is 2.98. The summed E-state index contributed by atoms with van der Waals surface area (Å²) in [5, 5.41) is 5.13. The first kappa shape index (κ1) is 12.8. The smallest absolute Gasteiger partial charge is 0.256 e. The van der Waals surface area contributed by atoms with Crippen LogP contribution in [0, 0.1) is 5.92 Å². The lowest BCUT2D eigenvalue weighted by molar-refractivity contribution is 0.639. The molecule has 2 N–H and O–H groups in total. The van der Waals surface area contributed by atoms with E-state index in [9.17, 15) is 0 Å². The van der Waals surface area contributed by atoms with Crippen LogP contribution in [0.25, 0.3) is 5.95 Å². The summed E-state index contributed by atoms with van der Waals surface area (Å²) in [5.74, 6) is 1.21. The fourth-order valence-electron chi connectivity index (χ4n) is 1.21. The Hall–Kier alpha value is -1.63. The summed E-state index contributed by atoms with van der Waals surface area (Å²) in [6.45, 7) is 6.47. The number of nitrogens with two attached hydrogens (primary N) is 1. The van der Waals surface area contributed by atoms with Gasteiger partial charge in [0.15, 0.2) is 5.16 Å². The quantitative estimate of drug-likeness (QED) is 0.847. The standard InChI is InChI=1S/C11H16N6S/c1-7(2)8(3)18-11-15-9(12)14-10(16-11)17-6-4-5-13-17/h4-8H,1-3H3,(H2,12,14,15,16). The predicted octanol–water partition coefficient (Wildman–Crippen LogP) is 1.78. The number of nitrogens with zero attached hydrogens (tertiary/aromatic N) is 5. The number of anilines is 1. The number of aromatic nitrogens is 5. The summed E-state index contributed by atoms with van der Waals surface area (Å²) in [4.78, 5) is 12.6. The number of nitrogen functional groups attached to an aromatic ring is 1. The van der Waals surface area contributed by atoms with Crippen LogP contribution in [-0.4, -0.2) is 30.0 Å². The van der Waals surface area contributed by atoms with Gasteiger partial charge in [-0.1, -0.05) is 32.5 Å². The molecule has 0 aliphatic heterocycles. The molecular weight excluding hydrogens is 248 g/mol. The molecule has 0 amide bonds. The second kappa shape index (κ2) is 5.34. The lowest BCUT2D eigenvalue weighted by atomic mass is 10.2. The van der Waals surface area contributed by atoms with Crippen LogP contribution in [-0.2, 0) is 0 Å². The molecule has 1 unspecified atom stereocenters. The first-order chi connectivity index (χ1) is 8.56. The highest BCUT2D eigenvalue weighted by Gasteiger charge is 2.13. The van der Waals surface area contributed by atoms with E-state index in [0.717, 1.165) is 0 Å². The van der Waals surface area contributed by atoms with Crippen LogP contribution < -0.4 is 5.73 Å². The van der Waals surface area contributed by atoms with Gasteiger partial charge in [0.1, 0.15) is 0 Å². The Balaban J connectivity index is 2.27. The molecular formula is C11H16N6S. The van der Waals surface area contributed by atoms with Crippen LogP contribution in [0.4, 0.5) is 5.95 Å². The fraction of sp³-hybridized carbons (Fsp3) is 0.455. The first-order valence-corrected chi connectivity index (χ1v) is 6.62. The zero-order valence-corrected chi connectivity index (χ0v) is 11.4. The molecule has 2 rings (SSSR count). The van der Waals surface area contributed by atoms with Crippen LogP contribution in [0.3, 0.4) is 0 Å². The zero-order chi connectivity index (χ0) is 13.1. The van der Waals surface area contributed by atoms with Gasteiger partial charge in [-0.3, -0.25) is 0 Å². The van der Waals surface area contributed by atoms with Crippen molar-refractivity contribution in [3.8, 4) is 5.95 Å². The lowest BCUT2D eigenvalue weighted by Crippen LogP contribution is -2.11. The second-order valence-electron chi connectivity index (χ2n) is 4.29. The minimum absolute atomic E-state index is 0.217. The van der Waals surface area contributed by atoms with Crippen molar-refractivity contribution in [2.45, 2.75) is 31.2 Å². The van der Waals surface area contributed by atoms with E-state index in [1.807, 2.05) is 6.07 Å². The van der Waals surface area contributed by atoms with Gasteiger partial charge >= 0.3 is 0 Å². The third-order valence-electron chi connectivity index (χ3n) is 2.56. The summed E-state index contributed by atoms with van der Waals surface area (Å²) in [6, 6.07) is 1.81. The van der Waals surface area contributed by atoms with Crippen molar-refractivity contribution in [1.82, 2.24) is 24.7 Å². The van der Waals surface area contributed by atoms with E-state index in [-0.39, 0.29) is 5.95 Å². The van der Waals surface area contributed by atoms with Crippen molar-refractivity contribution in [3.05, 3.63) is 18.5 Å². The highest BCUT2D eigenvalue weighted by molar-refractivity contribution is 7.99. The van der Waals surface area contributed by atoms with Gasteiger partial charge in [0.25, 0.3) is 5.95 Å². The molecule has 2 aromatic rings. The van der Waals surface area contributed by atoms with E-state index in [1.165, 1.54) is 0 Å². The highest BCUT2D eigenvalue weighted by atomic mass is 32.2. The molecule has 0 spiro atoms. The van der Waals surface area contributed by atoms with Gasteiger partial charge in [0.05, 0.1) is 0 Å². The van der Waals surface area contributed by atoms with Gasteiger partial charge in [0.2, 0.25) is 5.95 Å². The Morgan fingerprint density at radius 3 is 2.61 bits per heavy atom. The zero-order valence-electron chi connectivity index (χ0n) is 10.6. The molecule has 6 nitrogen and oxygen atoms in total. The molecule has 96 valence electrons. The molecule has 0 radical (unpaired) electrons. The van der Waals surface area contributed by atoms with Gasteiger partial charge in [-0.05, 0) is 12.0 Å². The predicted molar refractivity (Wildman–Crippen MR) is 71.5 cm³/mol. The Bertz CT molecular complexity index is 510. The minimum atomic E-state index is 0.217. The maximum atomic E-state index is 5.70. The monoisotopic (exact) mass is 264 g/mol. The molecule has 2 aromatic heterocycles. The average molecular weight is 264 g/mol. The maximum Gasteiger partial charge on any atom is 0.256 e. The van der Waals surface area contributed by atoms with Crippen molar-refractivity contribution < 1.29 is 0 Å². The summed E-state index contributed by atoms with van der Waals surface area (Å²) in [7, 11) is 0. The lowest BCUT2D eigenvalue weighted by Gasteiger charge is -2.13. The van der Waals surface area contributed by atoms with Gasteiger partial charge in [-0.25, -0.2) is 4.68 Å². The van der Waals surface area contributed by atoms with Gasteiger partial charge in [-0.2, -0.15) is 20.1 Å². The average Bonchev–Trinajstić information content (AvgIpc) is 2.81. The molecule has 0 saturated heterocycles. The summed E-state index contributed by atoms with van der Waals surface area (Å²) in [5.41, 5.74) is 5.70. The van der Waals surface area contributed by atoms with Crippen LogP contribution in [0.2, 0.25) is 0 Å². The molecule has 0 fully saturated rings. The summed E-state index contributed by atoms with van der Waals surface area (Å²) >= 11 is 1.59. The number of hydrogen-bond donors (Lipinski definition) is 1. The first-order valence-electron chi connectivity index (χ1n) is 5.74. The molecule has 0 saturated carbocycles. The van der Waals surface area contributed by atoms with E-state index >= 15 is 0 Å². The Labute approximate surface area is 110 Å². The number of thioether (sulfide) groups is 1. The Morgan fingerprint density at radius 1 is 1.22 bits per heavy atom. The molecule has 0 aliphatic rings. The molecule has 0 aromatic carbocycles. The second-order valence-corrected chi connectivity index (χ2v) is 5.64. The van der Waals surface area contributed by atoms with E-state index in [1.54, 1.807) is 28.8 Å². The van der Waals surface area contributed by atoms with Crippen LogP contribution in [0.5, 0.6) is 0 Å². The third-order valence-corrected chi connectivity index (χ3v) is 3.87. The van der Waals surface area contributed by atoms with Crippen molar-refractivity contribution in [3.63, 3.8) is 0 Å². The highest BCUT2D eigenvalue weighted by Crippen LogP contribution is 2.25. The minimum Gasteiger partial charge on any atom is -0.368 e. The van der Waals surface area contributed by atoms with Gasteiger partial charge in [0, 0.05) is 17.6 Å². The fourth-order valence-corrected chi connectivity index (χ4v) is 2.09. The van der Waals surface area contributed by atoms with E-state index < -0.39 is 0 Å². The van der Waals surface area contributed by atoms with Gasteiger partial charge < -0.3 is 5.73 Å². The van der Waals surface area contributed by atoms with Crippen LogP contribution in [0.15, 0.2) is 23.6 Å². The van der Waals surface area contributed by atoms with E-state index in [2.05, 4.69) is 40.8 Å². The molecule has 0 aliphatic carbocycles. The van der Waals surface area contributed by atoms with Crippen molar-refractivity contribution in [2.24, 2.45) is 5.92 Å². The number of rotatable bonds is 4. The molecule has 2 heterocycles. The van der Waals surface area contributed by atoms with Crippen molar-refractivity contribution in [1.29, 1.82) is 0 Å². The Morgan fingerprint density at radius 2 is 2.00 bits per heavy atom. The summed E-state index contributed by atoms with van der Waals surface area (Å²) in [6.07, 6.45) is 3.44. The van der Waals surface area contributed by atoms with Crippen molar-refractivity contribution in [2.75, 3.05) is 5.73 Å². The van der Waals surface area contributed by atoms with E-state index in [4.69, 9.17) is 5.73 Å². The topological polar surface area (TPSA) is 82.5 Å². The van der Waals surface area contributed by atoms with E-state index in [0.29, 0.717) is 22.3 Å². The van der Waals surface area contributed by atoms with Crippen molar-refractivity contribution >= 4 is 17.7 Å². The molecule has 7 heteroatoms. The molecule has 1 atom stereocenters. The normalized spacial score (nSPS) is 12.9.